The predicted molar refractivity (Wildman–Crippen MR) is 79.5 cm³/mol. The Labute approximate surface area is 121 Å². The molecule has 2 rings (SSSR count). The molecule has 0 spiro atoms. The van der Waals surface area contributed by atoms with Crippen LogP contribution < -0.4 is 5.32 Å². The molecule has 1 aromatic heterocycles. The van der Waals surface area contributed by atoms with Crippen LogP contribution in [0.5, 0.6) is 0 Å². The van der Waals surface area contributed by atoms with Gasteiger partial charge < -0.3 is 5.32 Å². The van der Waals surface area contributed by atoms with Crippen molar-refractivity contribution in [2.24, 2.45) is 0 Å². The van der Waals surface area contributed by atoms with Crippen LogP contribution >= 0.6 is 27.3 Å². The molecule has 1 fully saturated rings. The van der Waals surface area contributed by atoms with Crippen LogP contribution in [0, 0.1) is 0 Å². The Morgan fingerprint density at radius 1 is 1.50 bits per heavy atom. The zero-order chi connectivity index (χ0) is 13.2. The van der Waals surface area contributed by atoms with Crippen LogP contribution in [-0.4, -0.2) is 42.4 Å². The average molecular weight is 331 g/mol. The van der Waals surface area contributed by atoms with Crippen LogP contribution in [0.3, 0.4) is 0 Å². The summed E-state index contributed by atoms with van der Waals surface area (Å²) < 4.78 is 0.996. The molecule has 1 saturated heterocycles. The number of Topliss-reactive ketones (excluding diaryl/α,β-unsaturated/α-hetero) is 1. The summed E-state index contributed by atoms with van der Waals surface area (Å²) in [5, 5.41) is 5.31. The van der Waals surface area contributed by atoms with Gasteiger partial charge in [0, 0.05) is 48.0 Å². The van der Waals surface area contributed by atoms with Crippen molar-refractivity contribution in [2.45, 2.75) is 25.8 Å². The number of carbonyl (C=O) groups is 1. The van der Waals surface area contributed by atoms with Crippen molar-refractivity contribution in [2.75, 3.05) is 26.2 Å². The molecule has 1 aliphatic heterocycles. The maximum absolute atomic E-state index is 12.3. The van der Waals surface area contributed by atoms with Crippen molar-refractivity contribution >= 4 is 33.0 Å². The van der Waals surface area contributed by atoms with E-state index in [4.69, 9.17) is 0 Å². The second-order valence-electron chi connectivity index (χ2n) is 5.28. The number of piperazine rings is 1. The smallest absolute Gasteiger partial charge is 0.174 e. The molecule has 1 aliphatic rings. The zero-order valence-electron chi connectivity index (χ0n) is 10.8. The lowest BCUT2D eigenvalue weighted by atomic mass is 9.94. The first kappa shape index (κ1) is 14.2. The van der Waals surface area contributed by atoms with Gasteiger partial charge in [0.05, 0.1) is 4.88 Å². The first-order valence-electron chi connectivity index (χ1n) is 6.22. The highest BCUT2D eigenvalue weighted by Gasteiger charge is 2.30. The average Bonchev–Trinajstić information content (AvgIpc) is 2.77. The molecule has 0 atom stereocenters. The van der Waals surface area contributed by atoms with Crippen molar-refractivity contribution in [1.29, 1.82) is 0 Å². The highest BCUT2D eigenvalue weighted by Crippen LogP contribution is 2.26. The second kappa shape index (κ2) is 5.82. The summed E-state index contributed by atoms with van der Waals surface area (Å²) in [5.74, 6) is 0.245. The molecule has 1 N–H and O–H groups in total. The highest BCUT2D eigenvalue weighted by molar-refractivity contribution is 9.10. The fourth-order valence-electron chi connectivity index (χ4n) is 2.32. The van der Waals surface area contributed by atoms with Crippen LogP contribution in [0.1, 0.15) is 29.9 Å². The van der Waals surface area contributed by atoms with Gasteiger partial charge in [-0.3, -0.25) is 9.69 Å². The lowest BCUT2D eigenvalue weighted by Crippen LogP contribution is -2.54. The van der Waals surface area contributed by atoms with E-state index in [0.717, 1.165) is 35.5 Å². The molecule has 0 aliphatic carbocycles. The van der Waals surface area contributed by atoms with Gasteiger partial charge in [-0.1, -0.05) is 0 Å². The minimum atomic E-state index is -0.0599. The van der Waals surface area contributed by atoms with Crippen molar-refractivity contribution in [3.63, 3.8) is 0 Å². The molecule has 5 heteroatoms. The minimum absolute atomic E-state index is 0.0599. The summed E-state index contributed by atoms with van der Waals surface area (Å²) in [6, 6.07) is 1.92. The Morgan fingerprint density at radius 3 is 2.72 bits per heavy atom. The molecule has 0 radical (unpaired) electrons. The molecule has 18 heavy (non-hydrogen) atoms. The standard InChI is InChI=1S/C13H19BrN2OS/c1-13(2,16-5-3-15-4-6-16)8-11(17)12-7-10(14)9-18-12/h7,9,15H,3-6,8H2,1-2H3. The molecule has 0 saturated carbocycles. The Kier molecular flexibility index (Phi) is 4.59. The van der Waals surface area contributed by atoms with Gasteiger partial charge >= 0.3 is 0 Å². The topological polar surface area (TPSA) is 32.3 Å². The molecule has 2 heterocycles. The molecule has 0 amide bonds. The van der Waals surface area contributed by atoms with Crippen molar-refractivity contribution in [1.82, 2.24) is 10.2 Å². The van der Waals surface area contributed by atoms with Crippen molar-refractivity contribution < 1.29 is 4.79 Å². The number of nitrogens with one attached hydrogen (secondary N) is 1. The van der Waals surface area contributed by atoms with E-state index < -0.39 is 0 Å². The summed E-state index contributed by atoms with van der Waals surface area (Å²) in [6.45, 7) is 8.41. The maximum atomic E-state index is 12.3. The van der Waals surface area contributed by atoms with Gasteiger partial charge in [0.15, 0.2) is 5.78 Å². The van der Waals surface area contributed by atoms with Crippen LogP contribution in [0.2, 0.25) is 0 Å². The van der Waals surface area contributed by atoms with E-state index in [0.29, 0.717) is 6.42 Å². The molecule has 3 nitrogen and oxygen atoms in total. The van der Waals surface area contributed by atoms with Gasteiger partial charge in [0.25, 0.3) is 0 Å². The van der Waals surface area contributed by atoms with Crippen molar-refractivity contribution in [3.8, 4) is 0 Å². The summed E-state index contributed by atoms with van der Waals surface area (Å²) in [6.07, 6.45) is 0.583. The molecule has 100 valence electrons. The quantitative estimate of drug-likeness (QED) is 0.861. The van der Waals surface area contributed by atoms with E-state index >= 15 is 0 Å². The van der Waals surface area contributed by atoms with Crippen LogP contribution in [0.25, 0.3) is 0 Å². The third kappa shape index (κ3) is 3.41. The summed E-state index contributed by atoms with van der Waals surface area (Å²) in [5.41, 5.74) is -0.0599. The number of hydrogen-bond acceptors (Lipinski definition) is 4. The van der Waals surface area contributed by atoms with Crippen LogP contribution in [0.4, 0.5) is 0 Å². The van der Waals surface area contributed by atoms with Crippen molar-refractivity contribution in [3.05, 3.63) is 20.8 Å². The van der Waals surface area contributed by atoms with E-state index in [9.17, 15) is 4.79 Å². The van der Waals surface area contributed by atoms with Crippen LogP contribution in [-0.2, 0) is 0 Å². The summed E-state index contributed by atoms with van der Waals surface area (Å²) in [7, 11) is 0. The van der Waals surface area contributed by atoms with Gasteiger partial charge in [-0.05, 0) is 35.8 Å². The zero-order valence-corrected chi connectivity index (χ0v) is 13.2. The third-order valence-electron chi connectivity index (χ3n) is 3.41. The van der Waals surface area contributed by atoms with E-state index in [1.165, 1.54) is 11.3 Å². The monoisotopic (exact) mass is 330 g/mol. The fraction of sp³-hybridized carbons (Fsp3) is 0.615. The molecule has 0 bridgehead atoms. The Balaban J connectivity index is 2.00. The van der Waals surface area contributed by atoms with E-state index in [1.807, 2.05) is 11.4 Å². The summed E-state index contributed by atoms with van der Waals surface area (Å²) >= 11 is 4.91. The van der Waals surface area contributed by atoms with E-state index in [-0.39, 0.29) is 11.3 Å². The third-order valence-corrected chi connectivity index (χ3v) is 5.14. The SMILES string of the molecule is CC(C)(CC(=O)c1cc(Br)cs1)N1CCNCC1. The van der Waals surface area contributed by atoms with Gasteiger partial charge in [0.1, 0.15) is 0 Å². The lowest BCUT2D eigenvalue weighted by molar-refractivity contribution is 0.0733. The highest BCUT2D eigenvalue weighted by atomic mass is 79.9. The molecular formula is C13H19BrN2OS. The maximum Gasteiger partial charge on any atom is 0.174 e. The number of carbonyl (C=O) groups excluding carboxylic acids is 1. The Hall–Kier alpha value is -0.230. The second-order valence-corrected chi connectivity index (χ2v) is 7.11. The first-order chi connectivity index (χ1) is 8.49. The van der Waals surface area contributed by atoms with Gasteiger partial charge in [-0.2, -0.15) is 0 Å². The number of rotatable bonds is 4. The number of halogens is 1. The normalized spacial score (nSPS) is 17.9. The number of hydrogen-bond donors (Lipinski definition) is 1. The van der Waals surface area contributed by atoms with E-state index in [2.05, 4.69) is 40.0 Å². The first-order valence-corrected chi connectivity index (χ1v) is 7.89. The number of nitrogens with zero attached hydrogens (tertiary/aromatic N) is 1. The van der Waals surface area contributed by atoms with E-state index in [1.54, 1.807) is 0 Å². The molecule has 0 unspecified atom stereocenters. The largest absolute Gasteiger partial charge is 0.314 e. The number of thiophene rings is 1. The van der Waals surface area contributed by atoms with Crippen LogP contribution in [0.15, 0.2) is 15.9 Å². The summed E-state index contributed by atoms with van der Waals surface area (Å²) in [4.78, 5) is 15.5. The number of ketones is 1. The van der Waals surface area contributed by atoms with Gasteiger partial charge in [0.2, 0.25) is 0 Å². The molecule has 0 aromatic carbocycles. The molecular weight excluding hydrogens is 312 g/mol. The Bertz CT molecular complexity index is 424. The molecule has 1 aromatic rings. The van der Waals surface area contributed by atoms with Gasteiger partial charge in [-0.25, -0.2) is 0 Å². The minimum Gasteiger partial charge on any atom is -0.314 e. The lowest BCUT2D eigenvalue weighted by Gasteiger charge is -2.40. The fourth-order valence-corrected chi connectivity index (χ4v) is 3.69. The van der Waals surface area contributed by atoms with Gasteiger partial charge in [-0.15, -0.1) is 11.3 Å². The predicted octanol–water partition coefficient (Wildman–Crippen LogP) is 2.77. The Morgan fingerprint density at radius 2 is 2.17 bits per heavy atom.